The summed E-state index contributed by atoms with van der Waals surface area (Å²) in [5.41, 5.74) is 0.249. The third-order valence-electron chi connectivity index (χ3n) is 3.30. The first-order valence-corrected chi connectivity index (χ1v) is 6.51. The number of rotatable bonds is 3. The lowest BCUT2D eigenvalue weighted by Gasteiger charge is -2.24. The van der Waals surface area contributed by atoms with Gasteiger partial charge >= 0.3 is 0 Å². The fourth-order valence-electron chi connectivity index (χ4n) is 2.38. The number of carbonyl (C=O) groups is 2. The van der Waals surface area contributed by atoms with Gasteiger partial charge in [0.2, 0.25) is 5.91 Å². The Hall–Kier alpha value is -2.04. The summed E-state index contributed by atoms with van der Waals surface area (Å²) in [5.74, 6) is -0.454. The Morgan fingerprint density at radius 2 is 2.16 bits per heavy atom. The zero-order valence-corrected chi connectivity index (χ0v) is 10.9. The van der Waals surface area contributed by atoms with Gasteiger partial charge in [0.05, 0.1) is 5.56 Å². The van der Waals surface area contributed by atoms with Gasteiger partial charge in [0.15, 0.2) is 0 Å². The number of aromatic hydroxyl groups is 1. The summed E-state index contributed by atoms with van der Waals surface area (Å²) in [6, 6.07) is 5.99. The Balaban J connectivity index is 2.19. The van der Waals surface area contributed by atoms with Crippen molar-refractivity contribution in [2.24, 2.45) is 0 Å². The average molecular weight is 262 g/mol. The molecule has 19 heavy (non-hydrogen) atoms. The first-order chi connectivity index (χ1) is 9.15. The average Bonchev–Trinajstić information content (AvgIpc) is 2.88. The fraction of sp³-hybridized carbons (Fsp3) is 0.429. The molecule has 1 heterocycles. The second kappa shape index (κ2) is 5.73. The van der Waals surface area contributed by atoms with Crippen molar-refractivity contribution in [3.05, 3.63) is 29.8 Å². The third kappa shape index (κ3) is 2.70. The molecule has 1 aromatic carbocycles. The molecule has 0 spiro atoms. The van der Waals surface area contributed by atoms with Crippen molar-refractivity contribution in [2.45, 2.75) is 25.8 Å². The molecule has 1 fully saturated rings. The number of phenols is 1. The predicted molar refractivity (Wildman–Crippen MR) is 70.8 cm³/mol. The Morgan fingerprint density at radius 3 is 2.84 bits per heavy atom. The van der Waals surface area contributed by atoms with Crippen LogP contribution in [0.1, 0.15) is 30.1 Å². The van der Waals surface area contributed by atoms with Gasteiger partial charge in [-0.2, -0.15) is 0 Å². The minimum atomic E-state index is -0.424. The monoisotopic (exact) mass is 262 g/mol. The van der Waals surface area contributed by atoms with Crippen LogP contribution >= 0.6 is 0 Å². The number of likely N-dealkylation sites (tertiary alicyclic amines) is 1. The van der Waals surface area contributed by atoms with Crippen LogP contribution in [0.5, 0.6) is 5.75 Å². The van der Waals surface area contributed by atoms with Crippen LogP contribution in [0.15, 0.2) is 24.3 Å². The molecule has 1 unspecified atom stereocenters. The van der Waals surface area contributed by atoms with Crippen LogP contribution in [-0.4, -0.2) is 41.0 Å². The number of hydrogen-bond donors (Lipinski definition) is 2. The van der Waals surface area contributed by atoms with E-state index in [-0.39, 0.29) is 23.1 Å². The van der Waals surface area contributed by atoms with Gasteiger partial charge in [-0.1, -0.05) is 12.1 Å². The highest BCUT2D eigenvalue weighted by atomic mass is 16.3. The Morgan fingerprint density at radius 1 is 1.42 bits per heavy atom. The third-order valence-corrected chi connectivity index (χ3v) is 3.30. The molecule has 1 aromatic rings. The second-order valence-corrected chi connectivity index (χ2v) is 4.57. The van der Waals surface area contributed by atoms with Gasteiger partial charge in [-0.15, -0.1) is 0 Å². The number of likely N-dealkylation sites (N-methyl/N-ethyl adjacent to an activating group) is 1. The minimum absolute atomic E-state index is 0.0472. The van der Waals surface area contributed by atoms with Crippen molar-refractivity contribution < 1.29 is 14.7 Å². The number of para-hydroxylation sites is 1. The summed E-state index contributed by atoms with van der Waals surface area (Å²) in [6.07, 6.45) is 1.48. The molecule has 2 amide bonds. The van der Waals surface area contributed by atoms with Crippen LogP contribution in [-0.2, 0) is 4.79 Å². The second-order valence-electron chi connectivity index (χ2n) is 4.57. The van der Waals surface area contributed by atoms with Gasteiger partial charge in [0, 0.05) is 13.1 Å². The van der Waals surface area contributed by atoms with E-state index in [2.05, 4.69) is 5.32 Å². The molecule has 5 heteroatoms. The van der Waals surface area contributed by atoms with Crippen LogP contribution in [0, 0.1) is 0 Å². The van der Waals surface area contributed by atoms with Crippen LogP contribution in [0.2, 0.25) is 0 Å². The van der Waals surface area contributed by atoms with E-state index in [9.17, 15) is 14.7 Å². The lowest BCUT2D eigenvalue weighted by molar-refractivity contribution is -0.124. The molecule has 0 aliphatic carbocycles. The molecule has 1 atom stereocenters. The van der Waals surface area contributed by atoms with Crippen molar-refractivity contribution in [1.29, 1.82) is 0 Å². The van der Waals surface area contributed by atoms with Crippen LogP contribution in [0.25, 0.3) is 0 Å². The van der Waals surface area contributed by atoms with Gasteiger partial charge in [0.1, 0.15) is 11.8 Å². The van der Waals surface area contributed by atoms with E-state index in [4.69, 9.17) is 0 Å². The molecule has 0 radical (unpaired) electrons. The van der Waals surface area contributed by atoms with E-state index in [1.54, 1.807) is 23.1 Å². The number of nitrogens with one attached hydrogen (secondary N) is 1. The Kier molecular flexibility index (Phi) is 4.04. The summed E-state index contributed by atoms with van der Waals surface area (Å²) in [5, 5.41) is 12.5. The van der Waals surface area contributed by atoms with Gasteiger partial charge in [0.25, 0.3) is 5.91 Å². The van der Waals surface area contributed by atoms with Gasteiger partial charge < -0.3 is 15.3 Å². The number of nitrogens with zero attached hydrogens (tertiary/aromatic N) is 1. The van der Waals surface area contributed by atoms with Crippen LogP contribution < -0.4 is 5.32 Å². The highest BCUT2D eigenvalue weighted by Crippen LogP contribution is 2.24. The summed E-state index contributed by atoms with van der Waals surface area (Å²) < 4.78 is 0. The van der Waals surface area contributed by atoms with Gasteiger partial charge in [-0.05, 0) is 31.9 Å². The van der Waals surface area contributed by atoms with Crippen molar-refractivity contribution in [3.8, 4) is 5.75 Å². The summed E-state index contributed by atoms with van der Waals surface area (Å²) >= 11 is 0. The first kappa shape index (κ1) is 13.4. The molecule has 1 saturated heterocycles. The molecule has 2 rings (SSSR count). The van der Waals surface area contributed by atoms with Gasteiger partial charge in [-0.3, -0.25) is 9.59 Å². The molecule has 1 aliphatic heterocycles. The van der Waals surface area contributed by atoms with Gasteiger partial charge in [-0.25, -0.2) is 0 Å². The largest absolute Gasteiger partial charge is 0.507 e. The molecule has 0 bridgehead atoms. The zero-order chi connectivity index (χ0) is 13.8. The Labute approximate surface area is 112 Å². The van der Waals surface area contributed by atoms with Crippen molar-refractivity contribution >= 4 is 11.8 Å². The molecule has 5 nitrogen and oxygen atoms in total. The van der Waals surface area contributed by atoms with Crippen molar-refractivity contribution in [3.63, 3.8) is 0 Å². The molecule has 0 saturated carbocycles. The minimum Gasteiger partial charge on any atom is -0.507 e. The maximum atomic E-state index is 12.4. The topological polar surface area (TPSA) is 69.6 Å². The summed E-state index contributed by atoms with van der Waals surface area (Å²) in [7, 11) is 0. The van der Waals surface area contributed by atoms with E-state index in [0.717, 1.165) is 6.42 Å². The lowest BCUT2D eigenvalue weighted by atomic mass is 10.1. The summed E-state index contributed by atoms with van der Waals surface area (Å²) in [4.78, 5) is 25.8. The number of benzene rings is 1. The number of carbonyl (C=O) groups excluding carboxylic acids is 2. The quantitative estimate of drug-likeness (QED) is 0.858. The first-order valence-electron chi connectivity index (χ1n) is 6.51. The van der Waals surface area contributed by atoms with Crippen LogP contribution in [0.3, 0.4) is 0 Å². The standard InChI is InChI=1S/C14H18N2O3/c1-2-15-13(18)11-7-5-9-16(11)14(19)10-6-3-4-8-12(10)17/h3-4,6,8,11,17H,2,5,7,9H2,1H3,(H,15,18). The highest BCUT2D eigenvalue weighted by molar-refractivity contribution is 5.99. The maximum Gasteiger partial charge on any atom is 0.258 e. The maximum absolute atomic E-state index is 12.4. The van der Waals surface area contributed by atoms with E-state index < -0.39 is 6.04 Å². The smallest absolute Gasteiger partial charge is 0.258 e. The number of hydrogen-bond acceptors (Lipinski definition) is 3. The van der Waals surface area contributed by atoms with E-state index in [1.165, 1.54) is 6.07 Å². The fourth-order valence-corrected chi connectivity index (χ4v) is 2.38. The molecular formula is C14H18N2O3. The van der Waals surface area contributed by atoms with E-state index in [0.29, 0.717) is 19.5 Å². The number of phenolic OH excluding ortho intramolecular Hbond substituents is 1. The molecule has 1 aliphatic rings. The molecule has 102 valence electrons. The Bertz CT molecular complexity index is 487. The van der Waals surface area contributed by atoms with Crippen molar-refractivity contribution in [2.75, 3.05) is 13.1 Å². The predicted octanol–water partition coefficient (Wildman–Crippen LogP) is 1.13. The zero-order valence-electron chi connectivity index (χ0n) is 10.9. The SMILES string of the molecule is CCNC(=O)C1CCCN1C(=O)c1ccccc1O. The number of amides is 2. The van der Waals surface area contributed by atoms with E-state index in [1.807, 2.05) is 6.92 Å². The highest BCUT2D eigenvalue weighted by Gasteiger charge is 2.34. The van der Waals surface area contributed by atoms with Crippen LogP contribution in [0.4, 0.5) is 0 Å². The molecule has 2 N–H and O–H groups in total. The molecular weight excluding hydrogens is 244 g/mol. The lowest BCUT2D eigenvalue weighted by Crippen LogP contribution is -2.45. The molecule has 0 aromatic heterocycles. The summed E-state index contributed by atoms with van der Waals surface area (Å²) in [6.45, 7) is 2.95. The normalized spacial score (nSPS) is 18.4. The van der Waals surface area contributed by atoms with Crippen molar-refractivity contribution in [1.82, 2.24) is 10.2 Å². The van der Waals surface area contributed by atoms with E-state index >= 15 is 0 Å².